The van der Waals surface area contributed by atoms with Gasteiger partial charge in [-0.15, -0.1) is 0 Å². The Kier molecular flexibility index (Phi) is 3.43. The minimum Gasteiger partial charge on any atom is -0.466 e. The predicted molar refractivity (Wildman–Crippen MR) is 69.0 cm³/mol. The summed E-state index contributed by atoms with van der Waals surface area (Å²) in [6, 6.07) is 14.1. The van der Waals surface area contributed by atoms with Gasteiger partial charge in [0.2, 0.25) is 0 Å². The van der Waals surface area contributed by atoms with Gasteiger partial charge in [-0.2, -0.15) is 0 Å². The van der Waals surface area contributed by atoms with E-state index in [2.05, 4.69) is 12.1 Å². The molecule has 2 heteroatoms. The zero-order chi connectivity index (χ0) is 12.3. The summed E-state index contributed by atoms with van der Waals surface area (Å²) in [5.74, 6) is -0.384. The lowest BCUT2D eigenvalue weighted by molar-refractivity contribution is -0.144. The lowest BCUT2D eigenvalue weighted by Crippen LogP contribution is -2.13. The molecule has 0 aromatic heterocycles. The van der Waals surface area contributed by atoms with Crippen LogP contribution in [0.3, 0.4) is 0 Å². The van der Waals surface area contributed by atoms with E-state index in [1.165, 1.54) is 0 Å². The third kappa shape index (κ3) is 2.31. The maximum absolute atomic E-state index is 11.8. The minimum atomic E-state index is -0.221. The van der Waals surface area contributed by atoms with E-state index in [1.54, 1.807) is 0 Å². The quantitative estimate of drug-likeness (QED) is 0.751. The van der Waals surface area contributed by atoms with E-state index in [-0.39, 0.29) is 11.9 Å². The summed E-state index contributed by atoms with van der Waals surface area (Å²) >= 11 is 0. The summed E-state index contributed by atoms with van der Waals surface area (Å²) in [5.41, 5.74) is 1.03. The smallest absolute Gasteiger partial charge is 0.313 e. The zero-order valence-electron chi connectivity index (χ0n) is 10.1. The molecule has 2 aromatic carbocycles. The molecule has 2 rings (SSSR count). The first-order valence-electron chi connectivity index (χ1n) is 5.88. The van der Waals surface area contributed by atoms with Crippen LogP contribution < -0.4 is 0 Å². The summed E-state index contributed by atoms with van der Waals surface area (Å²) in [7, 11) is 0. The maximum Gasteiger partial charge on any atom is 0.313 e. The molecule has 0 N–H and O–H groups in total. The normalized spacial score (nSPS) is 12.4. The van der Waals surface area contributed by atoms with E-state index < -0.39 is 0 Å². The molecule has 88 valence electrons. The minimum absolute atomic E-state index is 0.163. The lowest BCUT2D eigenvalue weighted by Gasteiger charge is -2.13. The first-order valence-corrected chi connectivity index (χ1v) is 5.88. The van der Waals surface area contributed by atoms with Gasteiger partial charge in [0.05, 0.1) is 12.5 Å². The monoisotopic (exact) mass is 228 g/mol. The van der Waals surface area contributed by atoms with Gasteiger partial charge in [0, 0.05) is 0 Å². The second-order valence-electron chi connectivity index (χ2n) is 4.04. The highest BCUT2D eigenvalue weighted by Gasteiger charge is 2.18. The number of carbonyl (C=O) groups is 1. The highest BCUT2D eigenvalue weighted by atomic mass is 16.5. The molecule has 0 saturated carbocycles. The van der Waals surface area contributed by atoms with Crippen LogP contribution in [0.1, 0.15) is 25.3 Å². The number of benzene rings is 2. The van der Waals surface area contributed by atoms with Gasteiger partial charge in [0.15, 0.2) is 0 Å². The van der Waals surface area contributed by atoms with Crippen LogP contribution >= 0.6 is 0 Å². The van der Waals surface area contributed by atoms with Gasteiger partial charge in [-0.05, 0) is 30.2 Å². The molecule has 0 aliphatic heterocycles. The van der Waals surface area contributed by atoms with Crippen molar-refractivity contribution in [3.8, 4) is 0 Å². The van der Waals surface area contributed by atoms with Crippen LogP contribution in [0.25, 0.3) is 10.8 Å². The fraction of sp³-hybridized carbons (Fsp3) is 0.267. The van der Waals surface area contributed by atoms with E-state index in [0.29, 0.717) is 6.61 Å². The summed E-state index contributed by atoms with van der Waals surface area (Å²) in [6.07, 6.45) is 0. The molecule has 0 bridgehead atoms. The van der Waals surface area contributed by atoms with Crippen molar-refractivity contribution < 1.29 is 9.53 Å². The average Bonchev–Trinajstić information content (AvgIpc) is 2.37. The van der Waals surface area contributed by atoms with Gasteiger partial charge in [-0.1, -0.05) is 42.5 Å². The second-order valence-corrected chi connectivity index (χ2v) is 4.04. The zero-order valence-corrected chi connectivity index (χ0v) is 10.1. The fourth-order valence-electron chi connectivity index (χ4n) is 2.02. The average molecular weight is 228 g/mol. The largest absolute Gasteiger partial charge is 0.466 e. The molecule has 0 amide bonds. The standard InChI is InChI=1S/C15H16O2/c1-3-17-15(16)11(2)13-10-6-8-12-7-4-5-9-14(12)13/h4-11H,3H2,1-2H3. The third-order valence-corrected chi connectivity index (χ3v) is 2.93. The molecule has 1 atom stereocenters. The van der Waals surface area contributed by atoms with Crippen LogP contribution in [-0.2, 0) is 9.53 Å². The van der Waals surface area contributed by atoms with Gasteiger partial charge < -0.3 is 4.74 Å². The van der Waals surface area contributed by atoms with Gasteiger partial charge in [0.1, 0.15) is 0 Å². The number of fused-ring (bicyclic) bond motifs is 1. The van der Waals surface area contributed by atoms with Crippen LogP contribution in [0.2, 0.25) is 0 Å². The van der Waals surface area contributed by atoms with Gasteiger partial charge in [-0.25, -0.2) is 0 Å². The molecular formula is C15H16O2. The summed E-state index contributed by atoms with van der Waals surface area (Å²) in [6.45, 7) is 4.14. The molecule has 0 saturated heterocycles. The number of esters is 1. The summed E-state index contributed by atoms with van der Waals surface area (Å²) in [5, 5.41) is 2.27. The number of ether oxygens (including phenoxy) is 1. The molecule has 0 aliphatic carbocycles. The number of hydrogen-bond acceptors (Lipinski definition) is 2. The highest BCUT2D eigenvalue weighted by Crippen LogP contribution is 2.26. The van der Waals surface area contributed by atoms with Gasteiger partial charge >= 0.3 is 5.97 Å². The Hall–Kier alpha value is -1.83. The van der Waals surface area contributed by atoms with Crippen molar-refractivity contribution in [2.45, 2.75) is 19.8 Å². The molecule has 17 heavy (non-hydrogen) atoms. The van der Waals surface area contributed by atoms with Crippen molar-refractivity contribution in [2.24, 2.45) is 0 Å². The van der Waals surface area contributed by atoms with Crippen LogP contribution in [-0.4, -0.2) is 12.6 Å². The lowest BCUT2D eigenvalue weighted by atomic mass is 9.95. The van der Waals surface area contributed by atoms with E-state index >= 15 is 0 Å². The fourth-order valence-corrected chi connectivity index (χ4v) is 2.02. The van der Waals surface area contributed by atoms with Crippen molar-refractivity contribution in [1.29, 1.82) is 0 Å². The van der Waals surface area contributed by atoms with Crippen LogP contribution in [0.15, 0.2) is 42.5 Å². The molecular weight excluding hydrogens is 212 g/mol. The Morgan fingerprint density at radius 1 is 1.18 bits per heavy atom. The van der Waals surface area contributed by atoms with Crippen molar-refractivity contribution >= 4 is 16.7 Å². The Morgan fingerprint density at radius 2 is 1.88 bits per heavy atom. The molecule has 2 aromatic rings. The topological polar surface area (TPSA) is 26.3 Å². The number of rotatable bonds is 3. The predicted octanol–water partition coefficient (Wildman–Crippen LogP) is 3.51. The van der Waals surface area contributed by atoms with Crippen molar-refractivity contribution in [2.75, 3.05) is 6.61 Å². The molecule has 0 aliphatic rings. The first kappa shape index (κ1) is 11.6. The van der Waals surface area contributed by atoms with Crippen LogP contribution in [0.4, 0.5) is 0 Å². The van der Waals surface area contributed by atoms with Gasteiger partial charge in [0.25, 0.3) is 0 Å². The van der Waals surface area contributed by atoms with E-state index in [9.17, 15) is 4.79 Å². The maximum atomic E-state index is 11.8. The number of carbonyl (C=O) groups excluding carboxylic acids is 1. The van der Waals surface area contributed by atoms with Crippen molar-refractivity contribution in [3.63, 3.8) is 0 Å². The summed E-state index contributed by atoms with van der Waals surface area (Å²) < 4.78 is 5.07. The van der Waals surface area contributed by atoms with Crippen LogP contribution in [0, 0.1) is 0 Å². The van der Waals surface area contributed by atoms with Crippen molar-refractivity contribution in [1.82, 2.24) is 0 Å². The Labute approximate surface area is 101 Å². The molecule has 0 radical (unpaired) electrons. The third-order valence-electron chi connectivity index (χ3n) is 2.93. The molecule has 0 spiro atoms. The van der Waals surface area contributed by atoms with Gasteiger partial charge in [-0.3, -0.25) is 4.79 Å². The van der Waals surface area contributed by atoms with E-state index in [0.717, 1.165) is 16.3 Å². The molecule has 0 fully saturated rings. The molecule has 1 unspecified atom stereocenters. The second kappa shape index (κ2) is 5.00. The van der Waals surface area contributed by atoms with E-state index in [1.807, 2.05) is 44.2 Å². The SMILES string of the molecule is CCOC(=O)C(C)c1cccc2ccccc12. The van der Waals surface area contributed by atoms with Crippen molar-refractivity contribution in [3.05, 3.63) is 48.0 Å². The highest BCUT2D eigenvalue weighted by molar-refractivity contribution is 5.90. The summed E-state index contributed by atoms with van der Waals surface area (Å²) in [4.78, 5) is 11.8. The van der Waals surface area contributed by atoms with E-state index in [4.69, 9.17) is 4.74 Å². The Bertz CT molecular complexity index is 526. The molecule has 2 nitrogen and oxygen atoms in total. The first-order chi connectivity index (χ1) is 8.24. The Balaban J connectivity index is 2.44. The molecule has 0 heterocycles. The Morgan fingerprint density at radius 3 is 2.65 bits per heavy atom. The van der Waals surface area contributed by atoms with Crippen LogP contribution in [0.5, 0.6) is 0 Å². The number of hydrogen-bond donors (Lipinski definition) is 0.